The molecule has 0 saturated heterocycles. The van der Waals surface area contributed by atoms with Gasteiger partial charge in [0.25, 0.3) is 0 Å². The van der Waals surface area contributed by atoms with E-state index in [4.69, 9.17) is 0 Å². The van der Waals surface area contributed by atoms with Crippen LogP contribution in [-0.4, -0.2) is 17.0 Å². The minimum Gasteiger partial charge on any atom is -0.361 e. The average Bonchev–Trinajstić information content (AvgIpc) is 2.82. The van der Waals surface area contributed by atoms with Crippen LogP contribution in [0, 0.1) is 0 Å². The molecule has 0 aromatic heterocycles. The minimum atomic E-state index is 0.611. The first-order valence-electron chi connectivity index (χ1n) is 6.24. The van der Waals surface area contributed by atoms with Crippen molar-refractivity contribution in [2.24, 2.45) is 4.99 Å². The lowest BCUT2D eigenvalue weighted by atomic mass is 10.0. The van der Waals surface area contributed by atoms with Gasteiger partial charge in [0.05, 0.1) is 6.54 Å². The van der Waals surface area contributed by atoms with E-state index in [0.29, 0.717) is 5.25 Å². The summed E-state index contributed by atoms with van der Waals surface area (Å²) in [4.78, 5) is 4.48. The predicted octanol–water partition coefficient (Wildman–Crippen LogP) is 3.42. The lowest BCUT2D eigenvalue weighted by Gasteiger charge is -2.09. The van der Waals surface area contributed by atoms with Gasteiger partial charge in [-0.3, -0.25) is 4.99 Å². The maximum atomic E-state index is 4.48. The van der Waals surface area contributed by atoms with Crippen molar-refractivity contribution in [1.29, 1.82) is 0 Å². The lowest BCUT2D eigenvalue weighted by molar-refractivity contribution is 0.920. The lowest BCUT2D eigenvalue weighted by Crippen LogP contribution is -2.18. The van der Waals surface area contributed by atoms with Crippen LogP contribution in [0.2, 0.25) is 0 Å². The highest BCUT2D eigenvalue weighted by Crippen LogP contribution is 2.21. The van der Waals surface area contributed by atoms with Gasteiger partial charge in [0, 0.05) is 11.8 Å². The molecule has 1 atom stereocenters. The van der Waals surface area contributed by atoms with Crippen LogP contribution in [-0.2, 0) is 6.54 Å². The molecule has 2 aromatic carbocycles. The molecule has 1 N–H and O–H groups in total. The summed E-state index contributed by atoms with van der Waals surface area (Å²) in [6.07, 6.45) is 0. The number of rotatable bonds is 2. The summed E-state index contributed by atoms with van der Waals surface area (Å²) >= 11 is 1.83. The van der Waals surface area contributed by atoms with Gasteiger partial charge in [-0.1, -0.05) is 61.2 Å². The quantitative estimate of drug-likeness (QED) is 0.890. The average molecular weight is 256 g/mol. The van der Waals surface area contributed by atoms with E-state index in [-0.39, 0.29) is 0 Å². The van der Waals surface area contributed by atoms with Crippen molar-refractivity contribution < 1.29 is 0 Å². The fraction of sp³-hybridized carbons (Fsp3) is 0.267. The summed E-state index contributed by atoms with van der Waals surface area (Å²) in [7, 11) is 0. The van der Waals surface area contributed by atoms with Gasteiger partial charge >= 0.3 is 0 Å². The minimum absolute atomic E-state index is 0.611. The van der Waals surface area contributed by atoms with Crippen LogP contribution in [0.15, 0.2) is 47.5 Å². The van der Waals surface area contributed by atoms with Crippen LogP contribution in [0.25, 0.3) is 10.8 Å². The number of aliphatic imine (C=N–C) groups is 1. The van der Waals surface area contributed by atoms with Gasteiger partial charge in [-0.15, -0.1) is 0 Å². The van der Waals surface area contributed by atoms with Crippen LogP contribution in [0.4, 0.5) is 0 Å². The van der Waals surface area contributed by atoms with Crippen LogP contribution in [0.5, 0.6) is 0 Å². The maximum absolute atomic E-state index is 4.48. The Labute approximate surface area is 112 Å². The Kier molecular flexibility index (Phi) is 3.24. The monoisotopic (exact) mass is 256 g/mol. The normalized spacial score (nSPS) is 18.9. The molecule has 92 valence electrons. The van der Waals surface area contributed by atoms with E-state index in [1.807, 2.05) is 11.8 Å². The van der Waals surface area contributed by atoms with Gasteiger partial charge in [-0.2, -0.15) is 0 Å². The van der Waals surface area contributed by atoms with E-state index in [1.54, 1.807) is 0 Å². The molecular formula is C15H16N2S. The Morgan fingerprint density at radius 2 is 2.06 bits per heavy atom. The molecule has 1 heterocycles. The summed E-state index contributed by atoms with van der Waals surface area (Å²) in [5.41, 5.74) is 1.33. The van der Waals surface area contributed by atoms with Gasteiger partial charge in [-0.25, -0.2) is 0 Å². The van der Waals surface area contributed by atoms with Gasteiger partial charge in [0.1, 0.15) is 0 Å². The Balaban J connectivity index is 1.79. The topological polar surface area (TPSA) is 24.4 Å². The third-order valence-electron chi connectivity index (χ3n) is 3.11. The SMILES string of the molecule is CC1CN=C(NCc2cccc3ccccc23)S1. The fourth-order valence-electron chi connectivity index (χ4n) is 2.19. The van der Waals surface area contributed by atoms with Crippen molar-refractivity contribution >= 4 is 27.7 Å². The van der Waals surface area contributed by atoms with Crippen LogP contribution < -0.4 is 5.32 Å². The van der Waals surface area contributed by atoms with Crippen molar-refractivity contribution in [3.8, 4) is 0 Å². The standard InChI is InChI=1S/C15H16N2S/c1-11-9-16-15(18-11)17-10-13-7-4-6-12-5-2-3-8-14(12)13/h2-8,11H,9-10H2,1H3,(H,16,17). The summed E-state index contributed by atoms with van der Waals surface area (Å²) in [5.74, 6) is 0. The molecule has 0 spiro atoms. The zero-order valence-corrected chi connectivity index (χ0v) is 11.2. The summed E-state index contributed by atoms with van der Waals surface area (Å²) in [6.45, 7) is 3.99. The van der Waals surface area contributed by atoms with Crippen molar-refractivity contribution in [2.45, 2.75) is 18.7 Å². The summed E-state index contributed by atoms with van der Waals surface area (Å²) < 4.78 is 0. The largest absolute Gasteiger partial charge is 0.361 e. The maximum Gasteiger partial charge on any atom is 0.157 e. The van der Waals surface area contributed by atoms with Crippen LogP contribution in [0.1, 0.15) is 12.5 Å². The first kappa shape index (κ1) is 11.6. The van der Waals surface area contributed by atoms with Gasteiger partial charge in [-0.05, 0) is 16.3 Å². The molecule has 0 bridgehead atoms. The molecule has 1 unspecified atom stereocenters. The third-order valence-corrected chi connectivity index (χ3v) is 4.16. The number of hydrogen-bond acceptors (Lipinski definition) is 3. The highest BCUT2D eigenvalue weighted by Gasteiger charge is 2.14. The van der Waals surface area contributed by atoms with E-state index in [9.17, 15) is 0 Å². The second-order valence-corrected chi connectivity index (χ2v) is 5.99. The van der Waals surface area contributed by atoms with Crippen LogP contribution in [0.3, 0.4) is 0 Å². The zero-order chi connectivity index (χ0) is 12.4. The van der Waals surface area contributed by atoms with E-state index in [2.05, 4.69) is 59.7 Å². The molecule has 1 aliphatic rings. The van der Waals surface area contributed by atoms with Crippen LogP contribution >= 0.6 is 11.8 Å². The Bertz CT molecular complexity index is 587. The smallest absolute Gasteiger partial charge is 0.157 e. The highest BCUT2D eigenvalue weighted by molar-refractivity contribution is 8.14. The second kappa shape index (κ2) is 5.02. The molecule has 18 heavy (non-hydrogen) atoms. The highest BCUT2D eigenvalue weighted by atomic mass is 32.2. The van der Waals surface area contributed by atoms with Crippen molar-refractivity contribution in [1.82, 2.24) is 5.32 Å². The van der Waals surface area contributed by atoms with Crippen molar-refractivity contribution in [2.75, 3.05) is 6.54 Å². The number of nitrogens with one attached hydrogen (secondary N) is 1. The molecule has 0 fully saturated rings. The zero-order valence-electron chi connectivity index (χ0n) is 10.4. The van der Waals surface area contributed by atoms with Crippen molar-refractivity contribution in [3.63, 3.8) is 0 Å². The van der Waals surface area contributed by atoms with Gasteiger partial charge < -0.3 is 5.32 Å². The van der Waals surface area contributed by atoms with E-state index in [0.717, 1.165) is 18.3 Å². The van der Waals surface area contributed by atoms with E-state index >= 15 is 0 Å². The van der Waals surface area contributed by atoms with Gasteiger partial charge in [0.2, 0.25) is 0 Å². The van der Waals surface area contributed by atoms with Gasteiger partial charge in [0.15, 0.2) is 5.17 Å². The Morgan fingerprint density at radius 1 is 1.22 bits per heavy atom. The van der Waals surface area contributed by atoms with E-state index in [1.165, 1.54) is 16.3 Å². The molecular weight excluding hydrogens is 240 g/mol. The molecule has 2 nitrogen and oxygen atoms in total. The first-order valence-corrected chi connectivity index (χ1v) is 7.12. The third kappa shape index (κ3) is 2.36. The molecule has 0 aliphatic carbocycles. The number of nitrogens with zero attached hydrogens (tertiary/aromatic N) is 1. The van der Waals surface area contributed by atoms with Crippen molar-refractivity contribution in [3.05, 3.63) is 48.0 Å². The second-order valence-electron chi connectivity index (χ2n) is 4.57. The summed E-state index contributed by atoms with van der Waals surface area (Å²) in [6, 6.07) is 15.0. The predicted molar refractivity (Wildman–Crippen MR) is 80.1 cm³/mol. The molecule has 0 radical (unpaired) electrons. The molecule has 0 amide bonds. The molecule has 1 aliphatic heterocycles. The number of thioether (sulfide) groups is 1. The number of benzene rings is 2. The molecule has 0 saturated carbocycles. The Morgan fingerprint density at radius 3 is 2.89 bits per heavy atom. The molecule has 3 rings (SSSR count). The first-order chi connectivity index (χ1) is 8.83. The Hall–Kier alpha value is -1.48. The molecule has 2 aromatic rings. The fourth-order valence-corrected chi connectivity index (χ4v) is 3.03. The number of amidine groups is 1. The van der Waals surface area contributed by atoms with E-state index < -0.39 is 0 Å². The molecule has 3 heteroatoms. The summed E-state index contributed by atoms with van der Waals surface area (Å²) in [5, 5.41) is 7.74. The number of hydrogen-bond donors (Lipinski definition) is 1. The number of fused-ring (bicyclic) bond motifs is 1.